The van der Waals surface area contributed by atoms with Crippen LogP contribution in [0.1, 0.15) is 50.5 Å². The SMILES string of the molecule is O=C(NC1CCN(Cc2ccccc2)CC1)[C@H](CSCC1CCCCC1)NC(=O)[C@@H]1CSCN1C(=O)CN1CCOCC1. The first kappa shape index (κ1) is 32.6. The highest BCUT2D eigenvalue weighted by atomic mass is 32.2. The zero-order valence-electron chi connectivity index (χ0n) is 25.4. The molecule has 2 N–H and O–H groups in total. The van der Waals surface area contributed by atoms with E-state index >= 15 is 0 Å². The van der Waals surface area contributed by atoms with Gasteiger partial charge in [-0.25, -0.2) is 0 Å². The molecule has 1 aromatic rings. The fraction of sp³-hybridized carbons (Fsp3) is 0.719. The number of rotatable bonds is 12. The van der Waals surface area contributed by atoms with E-state index in [0.717, 1.165) is 51.3 Å². The first-order valence-corrected chi connectivity index (χ1v) is 18.5. The van der Waals surface area contributed by atoms with E-state index in [2.05, 4.69) is 44.7 Å². The molecule has 238 valence electrons. The molecule has 2 atom stereocenters. The summed E-state index contributed by atoms with van der Waals surface area (Å²) in [6, 6.07) is 9.47. The molecule has 3 heterocycles. The van der Waals surface area contributed by atoms with E-state index in [4.69, 9.17) is 4.74 Å². The van der Waals surface area contributed by atoms with Crippen LogP contribution in [0.5, 0.6) is 0 Å². The van der Waals surface area contributed by atoms with Gasteiger partial charge in [0.05, 0.1) is 25.6 Å². The van der Waals surface area contributed by atoms with Crippen LogP contribution >= 0.6 is 23.5 Å². The lowest BCUT2D eigenvalue weighted by molar-refractivity contribution is -0.140. The Morgan fingerprint density at radius 3 is 2.44 bits per heavy atom. The average Bonchev–Trinajstić information content (AvgIpc) is 3.54. The van der Waals surface area contributed by atoms with E-state index in [-0.39, 0.29) is 23.8 Å². The van der Waals surface area contributed by atoms with Crippen LogP contribution in [0.25, 0.3) is 0 Å². The van der Waals surface area contributed by atoms with Crippen LogP contribution in [0.4, 0.5) is 0 Å². The second kappa shape index (κ2) is 17.1. The highest BCUT2D eigenvalue weighted by Gasteiger charge is 2.37. The first-order valence-electron chi connectivity index (χ1n) is 16.2. The number of benzene rings is 1. The summed E-state index contributed by atoms with van der Waals surface area (Å²) in [5, 5.41) is 6.37. The van der Waals surface area contributed by atoms with Gasteiger partial charge in [-0.05, 0) is 42.9 Å². The Bertz CT molecular complexity index is 1030. The smallest absolute Gasteiger partial charge is 0.244 e. The summed E-state index contributed by atoms with van der Waals surface area (Å²) in [5.41, 5.74) is 1.31. The molecule has 4 aliphatic rings. The first-order chi connectivity index (χ1) is 21.0. The van der Waals surface area contributed by atoms with Crippen LogP contribution in [0.2, 0.25) is 0 Å². The summed E-state index contributed by atoms with van der Waals surface area (Å²) in [7, 11) is 0. The van der Waals surface area contributed by atoms with Crippen LogP contribution in [0, 0.1) is 5.92 Å². The third-order valence-corrected chi connectivity index (χ3v) is 11.4. The number of hydrogen-bond donors (Lipinski definition) is 2. The third-order valence-electron chi connectivity index (χ3n) is 9.15. The number of nitrogens with zero attached hydrogens (tertiary/aromatic N) is 3. The molecule has 1 aliphatic carbocycles. The van der Waals surface area contributed by atoms with Gasteiger partial charge in [0.15, 0.2) is 0 Å². The number of nitrogens with one attached hydrogen (secondary N) is 2. The minimum Gasteiger partial charge on any atom is -0.379 e. The van der Waals surface area contributed by atoms with Crippen molar-refractivity contribution in [3.63, 3.8) is 0 Å². The largest absolute Gasteiger partial charge is 0.379 e. The lowest BCUT2D eigenvalue weighted by atomic mass is 9.91. The third kappa shape index (κ3) is 10.1. The van der Waals surface area contributed by atoms with Crippen LogP contribution in [0.15, 0.2) is 30.3 Å². The number of amides is 3. The molecule has 3 saturated heterocycles. The second-order valence-electron chi connectivity index (χ2n) is 12.4. The maximum atomic E-state index is 13.6. The van der Waals surface area contributed by atoms with Crippen molar-refractivity contribution in [1.82, 2.24) is 25.3 Å². The van der Waals surface area contributed by atoms with Gasteiger partial charge in [0.2, 0.25) is 17.7 Å². The van der Waals surface area contributed by atoms with Gasteiger partial charge in [0.25, 0.3) is 0 Å². The van der Waals surface area contributed by atoms with Gasteiger partial charge in [-0.3, -0.25) is 24.2 Å². The molecule has 43 heavy (non-hydrogen) atoms. The Kier molecular flexibility index (Phi) is 12.9. The summed E-state index contributed by atoms with van der Waals surface area (Å²) in [6.45, 7) is 5.83. The monoisotopic (exact) mass is 631 g/mol. The lowest BCUT2D eigenvalue weighted by Crippen LogP contribution is -2.57. The number of thioether (sulfide) groups is 2. The summed E-state index contributed by atoms with van der Waals surface area (Å²) in [5.74, 6) is 3.02. The molecule has 0 unspecified atom stereocenters. The van der Waals surface area contributed by atoms with Crippen LogP contribution in [-0.2, 0) is 25.7 Å². The van der Waals surface area contributed by atoms with Crippen molar-refractivity contribution in [2.45, 2.75) is 69.6 Å². The van der Waals surface area contributed by atoms with Crippen LogP contribution in [0.3, 0.4) is 0 Å². The predicted octanol–water partition coefficient (Wildman–Crippen LogP) is 2.80. The molecular formula is C32H49N5O4S2. The minimum atomic E-state index is -0.606. The molecule has 3 aliphatic heterocycles. The molecule has 0 aromatic heterocycles. The summed E-state index contributed by atoms with van der Waals surface area (Å²) in [4.78, 5) is 46.6. The Hall–Kier alpha value is -1.79. The van der Waals surface area contributed by atoms with Gasteiger partial charge in [0, 0.05) is 50.3 Å². The molecule has 5 rings (SSSR count). The van der Waals surface area contributed by atoms with Crippen LogP contribution in [-0.4, -0.2) is 120 Å². The number of ether oxygens (including phenoxy) is 1. The lowest BCUT2D eigenvalue weighted by Gasteiger charge is -2.33. The predicted molar refractivity (Wildman–Crippen MR) is 174 cm³/mol. The van der Waals surface area contributed by atoms with Gasteiger partial charge in [0.1, 0.15) is 12.1 Å². The van der Waals surface area contributed by atoms with Crippen molar-refractivity contribution in [1.29, 1.82) is 0 Å². The molecular weight excluding hydrogens is 583 g/mol. The van der Waals surface area contributed by atoms with Crippen molar-refractivity contribution >= 4 is 41.2 Å². The van der Waals surface area contributed by atoms with Crippen LogP contribution < -0.4 is 10.6 Å². The second-order valence-corrected chi connectivity index (χ2v) is 14.5. The standard InChI is InChI=1S/C32H49N5O4S2/c38-30(20-36-15-17-41-18-16-36)37-24-43-23-29(37)32(40)34-28(22-42-21-26-9-5-2-6-10-26)31(39)33-27-11-13-35(14-12-27)19-25-7-3-1-4-8-25/h1,3-4,7-8,26-29H,2,5-6,9-24H2,(H,33,39)(H,34,40)/t28-,29-/m0/s1. The van der Waals surface area contributed by atoms with E-state index in [0.29, 0.717) is 43.1 Å². The normalized spacial score (nSPS) is 23.6. The van der Waals surface area contributed by atoms with Gasteiger partial charge in [-0.2, -0.15) is 11.8 Å². The molecule has 4 fully saturated rings. The van der Waals surface area contributed by atoms with Crippen molar-refractivity contribution in [2.24, 2.45) is 5.92 Å². The topological polar surface area (TPSA) is 94.2 Å². The summed E-state index contributed by atoms with van der Waals surface area (Å²) >= 11 is 3.39. The van der Waals surface area contributed by atoms with E-state index in [1.807, 2.05) is 6.07 Å². The van der Waals surface area contributed by atoms with Gasteiger partial charge in [-0.1, -0.05) is 49.6 Å². The fourth-order valence-electron chi connectivity index (χ4n) is 6.48. The fourth-order valence-corrected chi connectivity index (χ4v) is 8.94. The Balaban J connectivity index is 1.14. The molecule has 3 amide bonds. The zero-order valence-corrected chi connectivity index (χ0v) is 27.1. The van der Waals surface area contributed by atoms with E-state index in [1.54, 1.807) is 28.4 Å². The molecule has 0 spiro atoms. The van der Waals surface area contributed by atoms with Gasteiger partial charge in [-0.15, -0.1) is 11.8 Å². The van der Waals surface area contributed by atoms with E-state index in [1.165, 1.54) is 37.7 Å². The maximum Gasteiger partial charge on any atom is 0.244 e. The van der Waals surface area contributed by atoms with Gasteiger partial charge >= 0.3 is 0 Å². The van der Waals surface area contributed by atoms with Gasteiger partial charge < -0.3 is 20.3 Å². The number of piperidine rings is 1. The van der Waals surface area contributed by atoms with Crippen molar-refractivity contribution < 1.29 is 19.1 Å². The van der Waals surface area contributed by atoms with E-state index in [9.17, 15) is 14.4 Å². The van der Waals surface area contributed by atoms with Crippen molar-refractivity contribution in [2.75, 3.05) is 69.1 Å². The highest BCUT2D eigenvalue weighted by molar-refractivity contribution is 7.99. The minimum absolute atomic E-state index is 0.0259. The molecule has 0 bridgehead atoms. The molecule has 11 heteroatoms. The number of carbonyl (C=O) groups is 3. The number of morpholine rings is 1. The summed E-state index contributed by atoms with van der Waals surface area (Å²) in [6.07, 6.45) is 8.24. The molecule has 1 saturated carbocycles. The molecule has 9 nitrogen and oxygen atoms in total. The van der Waals surface area contributed by atoms with Crippen molar-refractivity contribution in [3.8, 4) is 0 Å². The van der Waals surface area contributed by atoms with E-state index < -0.39 is 12.1 Å². The Labute approximate surface area is 265 Å². The zero-order chi connectivity index (χ0) is 29.9. The number of hydrogen-bond acceptors (Lipinski definition) is 8. The maximum absolute atomic E-state index is 13.6. The molecule has 1 aromatic carbocycles. The quantitative estimate of drug-likeness (QED) is 0.364. The number of carbonyl (C=O) groups excluding carboxylic acids is 3. The molecule has 0 radical (unpaired) electrons. The number of likely N-dealkylation sites (tertiary alicyclic amines) is 1. The Morgan fingerprint density at radius 1 is 0.953 bits per heavy atom. The highest BCUT2D eigenvalue weighted by Crippen LogP contribution is 2.27. The Morgan fingerprint density at radius 2 is 1.70 bits per heavy atom. The average molecular weight is 632 g/mol. The summed E-state index contributed by atoms with van der Waals surface area (Å²) < 4.78 is 5.41. The van der Waals surface area contributed by atoms with Crippen molar-refractivity contribution in [3.05, 3.63) is 35.9 Å².